The van der Waals surface area contributed by atoms with Gasteiger partial charge < -0.3 is 9.47 Å². The zero-order valence-corrected chi connectivity index (χ0v) is 12.8. The highest BCUT2D eigenvalue weighted by atomic mass is 35.5. The molecule has 0 bridgehead atoms. The van der Waals surface area contributed by atoms with Crippen LogP contribution in [0.15, 0.2) is 47.1 Å². The number of nitrogens with zero attached hydrogens (tertiary/aromatic N) is 1. The van der Waals surface area contributed by atoms with Gasteiger partial charge in [-0.3, -0.25) is 14.9 Å². The molecule has 22 heavy (non-hydrogen) atoms. The molecule has 0 heterocycles. The van der Waals surface area contributed by atoms with Crippen molar-refractivity contribution in [3.8, 4) is 0 Å². The van der Waals surface area contributed by atoms with E-state index >= 15 is 0 Å². The molecule has 0 fully saturated rings. The van der Waals surface area contributed by atoms with Crippen molar-refractivity contribution in [2.45, 2.75) is 19.3 Å². The second-order valence-electron chi connectivity index (χ2n) is 4.96. The highest BCUT2D eigenvalue weighted by Gasteiger charge is 2.37. The molecular formula is C15H16ClNO5. The van der Waals surface area contributed by atoms with Crippen molar-refractivity contribution in [2.24, 2.45) is 5.92 Å². The van der Waals surface area contributed by atoms with Crippen molar-refractivity contribution in [1.82, 2.24) is 0 Å². The first-order chi connectivity index (χ1) is 10.5. The van der Waals surface area contributed by atoms with Crippen molar-refractivity contribution in [2.75, 3.05) is 13.7 Å². The fraction of sp³-hybridized carbons (Fsp3) is 0.400. The van der Waals surface area contributed by atoms with E-state index < -0.39 is 16.1 Å². The Bertz CT molecular complexity index is 603. The van der Waals surface area contributed by atoms with Gasteiger partial charge in [-0.25, -0.2) is 0 Å². The lowest BCUT2D eigenvalue weighted by molar-refractivity contribution is -0.432. The molecule has 0 saturated heterocycles. The summed E-state index contributed by atoms with van der Waals surface area (Å²) < 4.78 is 10.8. The van der Waals surface area contributed by atoms with Gasteiger partial charge in [0, 0.05) is 6.42 Å². The van der Waals surface area contributed by atoms with Crippen molar-refractivity contribution in [1.29, 1.82) is 0 Å². The Hall–Kier alpha value is -2.08. The monoisotopic (exact) mass is 325 g/mol. The number of hydrogen-bond donors (Lipinski definition) is 0. The molecule has 0 aromatic heterocycles. The fourth-order valence-corrected chi connectivity index (χ4v) is 2.52. The van der Waals surface area contributed by atoms with Crippen LogP contribution in [0.2, 0.25) is 0 Å². The standard InChI is InChI=1S/C15H16ClNO5/c1-21-13-7-11(15(16)18)12(17(19)20)8-14(13)22-9-10-5-3-2-4-6-10/h2-3,5,8,11H,4,6-7,9H2,1H3. The molecule has 6 nitrogen and oxygen atoms in total. The number of halogens is 1. The Morgan fingerprint density at radius 3 is 2.86 bits per heavy atom. The summed E-state index contributed by atoms with van der Waals surface area (Å²) in [4.78, 5) is 21.9. The van der Waals surface area contributed by atoms with Crippen molar-refractivity contribution < 1.29 is 19.2 Å². The maximum atomic E-state index is 11.4. The number of ether oxygens (including phenoxy) is 2. The highest BCUT2D eigenvalue weighted by molar-refractivity contribution is 6.64. The SMILES string of the molecule is COC1=C(OCC2=CC=CCC2)C=C([N+](=O)[O-])C(C(=O)Cl)C1. The van der Waals surface area contributed by atoms with Gasteiger partial charge >= 0.3 is 0 Å². The molecule has 0 saturated carbocycles. The van der Waals surface area contributed by atoms with E-state index in [-0.39, 0.29) is 17.9 Å². The quantitative estimate of drug-likeness (QED) is 0.426. The number of allylic oxidation sites excluding steroid dienone is 6. The first kappa shape index (κ1) is 16.3. The molecule has 0 aliphatic heterocycles. The molecule has 0 N–H and O–H groups in total. The van der Waals surface area contributed by atoms with Crippen LogP contribution in [0.5, 0.6) is 0 Å². The minimum absolute atomic E-state index is 0.0277. The van der Waals surface area contributed by atoms with Gasteiger partial charge in [0.1, 0.15) is 18.3 Å². The van der Waals surface area contributed by atoms with Gasteiger partial charge in [0.25, 0.3) is 5.70 Å². The predicted molar refractivity (Wildman–Crippen MR) is 80.5 cm³/mol. The minimum Gasteiger partial charge on any atom is -0.497 e. The van der Waals surface area contributed by atoms with E-state index in [1.165, 1.54) is 13.2 Å². The van der Waals surface area contributed by atoms with Crippen molar-refractivity contribution in [3.05, 3.63) is 57.2 Å². The largest absolute Gasteiger partial charge is 0.497 e. The minimum atomic E-state index is -1.02. The molecule has 0 aromatic carbocycles. The molecule has 1 atom stereocenters. The van der Waals surface area contributed by atoms with Crippen LogP contribution < -0.4 is 0 Å². The number of methoxy groups -OCH3 is 1. The second-order valence-corrected chi connectivity index (χ2v) is 5.33. The van der Waals surface area contributed by atoms with Crippen molar-refractivity contribution >= 4 is 16.8 Å². The number of carbonyl (C=O) groups excluding carboxylic acids is 1. The lowest BCUT2D eigenvalue weighted by Gasteiger charge is -2.21. The first-order valence-corrected chi connectivity index (χ1v) is 7.20. The molecule has 2 aliphatic rings. The van der Waals surface area contributed by atoms with Crippen LogP contribution in [0.1, 0.15) is 19.3 Å². The summed E-state index contributed by atoms with van der Waals surface area (Å²) in [6.07, 6.45) is 9.07. The van der Waals surface area contributed by atoms with E-state index in [0.29, 0.717) is 12.4 Å². The van der Waals surface area contributed by atoms with E-state index in [2.05, 4.69) is 6.08 Å². The zero-order chi connectivity index (χ0) is 16.1. The van der Waals surface area contributed by atoms with Gasteiger partial charge in [-0.1, -0.05) is 18.2 Å². The Labute approximate surface area is 132 Å². The Morgan fingerprint density at radius 2 is 2.32 bits per heavy atom. The lowest BCUT2D eigenvalue weighted by Crippen LogP contribution is -2.23. The third kappa shape index (κ3) is 3.76. The smallest absolute Gasteiger partial charge is 0.262 e. The summed E-state index contributed by atoms with van der Waals surface area (Å²) in [5.41, 5.74) is 0.824. The molecule has 0 aromatic rings. The van der Waals surface area contributed by atoms with Gasteiger partial charge in [-0.05, 0) is 30.0 Å². The third-order valence-electron chi connectivity index (χ3n) is 3.54. The second kappa shape index (κ2) is 7.26. The molecular weight excluding hydrogens is 310 g/mol. The predicted octanol–water partition coefficient (Wildman–Crippen LogP) is 3.08. The molecule has 2 rings (SSSR count). The number of carbonyl (C=O) groups is 1. The maximum Gasteiger partial charge on any atom is 0.262 e. The summed E-state index contributed by atoms with van der Waals surface area (Å²) >= 11 is 5.44. The topological polar surface area (TPSA) is 78.7 Å². The highest BCUT2D eigenvalue weighted by Crippen LogP contribution is 2.32. The molecule has 0 radical (unpaired) electrons. The van der Waals surface area contributed by atoms with Crippen LogP contribution in [0.25, 0.3) is 0 Å². The van der Waals surface area contributed by atoms with Gasteiger partial charge in [-0.2, -0.15) is 0 Å². The van der Waals surface area contributed by atoms with Gasteiger partial charge in [0.2, 0.25) is 5.24 Å². The third-order valence-corrected chi connectivity index (χ3v) is 3.81. The molecule has 2 aliphatic carbocycles. The average Bonchev–Trinajstić information content (AvgIpc) is 2.52. The Morgan fingerprint density at radius 1 is 1.55 bits per heavy atom. The average molecular weight is 326 g/mol. The van der Waals surface area contributed by atoms with Crippen LogP contribution in [0, 0.1) is 16.0 Å². The molecule has 0 amide bonds. The van der Waals surface area contributed by atoms with Crippen LogP contribution in [0.3, 0.4) is 0 Å². The van der Waals surface area contributed by atoms with Crippen LogP contribution >= 0.6 is 11.6 Å². The zero-order valence-electron chi connectivity index (χ0n) is 12.1. The summed E-state index contributed by atoms with van der Waals surface area (Å²) in [6.45, 7) is 0.327. The van der Waals surface area contributed by atoms with Crippen LogP contribution in [0.4, 0.5) is 0 Å². The summed E-state index contributed by atoms with van der Waals surface area (Å²) in [6, 6.07) is 0. The summed E-state index contributed by atoms with van der Waals surface area (Å²) in [5, 5.41) is 10.3. The van der Waals surface area contributed by atoms with Gasteiger partial charge in [0.15, 0.2) is 5.76 Å². The first-order valence-electron chi connectivity index (χ1n) is 6.82. The number of rotatable bonds is 6. The Kier molecular flexibility index (Phi) is 5.38. The van der Waals surface area contributed by atoms with E-state index in [0.717, 1.165) is 18.4 Å². The summed E-state index contributed by atoms with van der Waals surface area (Å²) in [7, 11) is 1.43. The summed E-state index contributed by atoms with van der Waals surface area (Å²) in [5.74, 6) is -0.355. The fourth-order valence-electron chi connectivity index (χ4n) is 2.33. The number of nitro groups is 1. The van der Waals surface area contributed by atoms with Crippen molar-refractivity contribution in [3.63, 3.8) is 0 Å². The van der Waals surface area contributed by atoms with Crippen LogP contribution in [-0.4, -0.2) is 23.9 Å². The van der Waals surface area contributed by atoms with Crippen LogP contribution in [-0.2, 0) is 14.3 Å². The van der Waals surface area contributed by atoms with Gasteiger partial charge in [-0.15, -0.1) is 0 Å². The van der Waals surface area contributed by atoms with E-state index in [1.807, 2.05) is 12.2 Å². The molecule has 1 unspecified atom stereocenters. The molecule has 118 valence electrons. The van der Waals surface area contributed by atoms with E-state index in [4.69, 9.17) is 21.1 Å². The normalized spacial score (nSPS) is 21.1. The maximum absolute atomic E-state index is 11.4. The Balaban J connectivity index is 2.19. The van der Waals surface area contributed by atoms with Gasteiger partial charge in [0.05, 0.1) is 18.1 Å². The lowest BCUT2D eigenvalue weighted by atomic mass is 9.96. The molecule has 0 spiro atoms. The van der Waals surface area contributed by atoms with E-state index in [1.54, 1.807) is 0 Å². The van der Waals surface area contributed by atoms with E-state index in [9.17, 15) is 14.9 Å². The molecule has 7 heteroatoms. The number of hydrogen-bond acceptors (Lipinski definition) is 5.